The average Bonchev–Trinajstić information content (AvgIpc) is 3.53. The van der Waals surface area contributed by atoms with Gasteiger partial charge in [-0.15, -0.1) is 0 Å². The maximum Gasteiger partial charge on any atom is 0.310 e. The number of pyridine rings is 2. The molecule has 2 aliphatic rings. The molecule has 0 bridgehead atoms. The Kier molecular flexibility index (Phi) is 5.66. The summed E-state index contributed by atoms with van der Waals surface area (Å²) in [6.07, 6.45) is 4.41. The van der Waals surface area contributed by atoms with Gasteiger partial charge in [-0.05, 0) is 43.7 Å². The predicted octanol–water partition coefficient (Wildman–Crippen LogP) is 3.58. The number of aromatic amines is 1. The number of imidazole rings is 1. The van der Waals surface area contributed by atoms with E-state index in [1.807, 2.05) is 43.5 Å². The third-order valence-electron chi connectivity index (χ3n) is 6.94. The first-order valence-corrected chi connectivity index (χ1v) is 12.1. The molecule has 2 aliphatic heterocycles. The summed E-state index contributed by atoms with van der Waals surface area (Å²) in [5, 5.41) is 4.25. The Balaban J connectivity index is 1.22. The molecule has 6 rings (SSSR count). The number of rotatable bonds is 6. The lowest BCUT2D eigenvalue weighted by molar-refractivity contribution is -0.149. The number of fused-ring (bicyclic) bond motifs is 1. The molecule has 2 saturated heterocycles. The van der Waals surface area contributed by atoms with Crippen molar-refractivity contribution in [3.8, 4) is 22.6 Å². The van der Waals surface area contributed by atoms with Gasteiger partial charge in [-0.25, -0.2) is 4.98 Å². The Labute approximate surface area is 203 Å². The molecule has 4 aromatic rings. The molecule has 35 heavy (non-hydrogen) atoms. The number of carbonyl (C=O) groups is 1. The molecular formula is C27H28N6O2. The van der Waals surface area contributed by atoms with Gasteiger partial charge in [0, 0.05) is 48.7 Å². The van der Waals surface area contributed by atoms with Crippen LogP contribution in [0.4, 0.5) is 5.69 Å². The van der Waals surface area contributed by atoms with Crippen LogP contribution in [0.2, 0.25) is 0 Å². The minimum absolute atomic E-state index is 0.0775. The maximum absolute atomic E-state index is 12.5. The second-order valence-electron chi connectivity index (χ2n) is 9.48. The number of benzene rings is 1. The van der Waals surface area contributed by atoms with Crippen LogP contribution >= 0.6 is 0 Å². The molecule has 0 spiro atoms. The minimum atomic E-state index is -0.0847. The number of ether oxygens (including phenoxy) is 1. The van der Waals surface area contributed by atoms with Crippen molar-refractivity contribution in [1.82, 2.24) is 25.3 Å². The number of nitrogens with zero attached hydrogens (tertiary/aromatic N) is 4. The molecule has 8 heteroatoms. The van der Waals surface area contributed by atoms with E-state index in [1.54, 1.807) is 6.33 Å². The minimum Gasteiger partial charge on any atom is -0.465 e. The highest BCUT2D eigenvalue weighted by atomic mass is 16.5. The normalized spacial score (nSPS) is 18.1. The van der Waals surface area contributed by atoms with Gasteiger partial charge in [0.15, 0.2) is 0 Å². The van der Waals surface area contributed by atoms with E-state index >= 15 is 0 Å². The van der Waals surface area contributed by atoms with Crippen LogP contribution in [0.3, 0.4) is 0 Å². The average molecular weight is 469 g/mol. The summed E-state index contributed by atoms with van der Waals surface area (Å²) in [6.45, 7) is 5.87. The Morgan fingerprint density at radius 2 is 2.09 bits per heavy atom. The Hall–Kier alpha value is -3.78. The number of hydrogen-bond donors (Lipinski definition) is 2. The lowest BCUT2D eigenvalue weighted by Crippen LogP contribution is -2.45. The van der Waals surface area contributed by atoms with Gasteiger partial charge >= 0.3 is 5.97 Å². The van der Waals surface area contributed by atoms with Crippen LogP contribution < -0.4 is 10.2 Å². The third kappa shape index (κ3) is 4.37. The molecule has 178 valence electrons. The highest BCUT2D eigenvalue weighted by Gasteiger charge is 2.31. The summed E-state index contributed by atoms with van der Waals surface area (Å²) in [5.74, 6) is 0.303. The van der Waals surface area contributed by atoms with Crippen molar-refractivity contribution in [3.63, 3.8) is 0 Å². The van der Waals surface area contributed by atoms with E-state index in [9.17, 15) is 4.79 Å². The van der Waals surface area contributed by atoms with Gasteiger partial charge < -0.3 is 19.9 Å². The number of anilines is 1. The monoisotopic (exact) mass is 468 g/mol. The molecule has 3 aromatic heterocycles. The van der Waals surface area contributed by atoms with Crippen LogP contribution in [-0.2, 0) is 9.53 Å². The van der Waals surface area contributed by atoms with E-state index in [2.05, 4.69) is 42.3 Å². The molecule has 0 amide bonds. The Morgan fingerprint density at radius 3 is 2.91 bits per heavy atom. The number of H-pyrrole nitrogens is 1. The first kappa shape index (κ1) is 21.7. The molecule has 0 aliphatic carbocycles. The fourth-order valence-corrected chi connectivity index (χ4v) is 4.80. The van der Waals surface area contributed by atoms with E-state index in [1.165, 1.54) is 0 Å². The predicted molar refractivity (Wildman–Crippen MR) is 135 cm³/mol. The fourth-order valence-electron chi connectivity index (χ4n) is 4.80. The van der Waals surface area contributed by atoms with Crippen LogP contribution in [0.5, 0.6) is 0 Å². The molecule has 8 nitrogen and oxygen atoms in total. The van der Waals surface area contributed by atoms with Crippen LogP contribution in [0.1, 0.15) is 12.1 Å². The van der Waals surface area contributed by atoms with Gasteiger partial charge in [-0.2, -0.15) is 0 Å². The quantitative estimate of drug-likeness (QED) is 0.418. The zero-order valence-corrected chi connectivity index (χ0v) is 19.7. The molecule has 1 aromatic carbocycles. The molecule has 5 heterocycles. The number of aryl methyl sites for hydroxylation is 1. The van der Waals surface area contributed by atoms with E-state index in [0.29, 0.717) is 19.1 Å². The van der Waals surface area contributed by atoms with Crippen molar-refractivity contribution in [2.45, 2.75) is 13.3 Å². The highest BCUT2D eigenvalue weighted by Crippen LogP contribution is 2.32. The lowest BCUT2D eigenvalue weighted by atomic mass is 10.0. The summed E-state index contributed by atoms with van der Waals surface area (Å²) in [6, 6.07) is 14.3. The van der Waals surface area contributed by atoms with Gasteiger partial charge in [0.05, 0.1) is 53.3 Å². The van der Waals surface area contributed by atoms with E-state index in [4.69, 9.17) is 4.74 Å². The smallest absolute Gasteiger partial charge is 0.310 e. The second kappa shape index (κ2) is 9.11. The number of carbonyl (C=O) groups excluding carboxylic acids is 1. The Morgan fingerprint density at radius 1 is 1.17 bits per heavy atom. The fraction of sp³-hybridized carbons (Fsp3) is 0.333. The number of nitrogens with one attached hydrogen (secondary N) is 2. The van der Waals surface area contributed by atoms with Crippen molar-refractivity contribution >= 4 is 22.6 Å². The van der Waals surface area contributed by atoms with Crippen molar-refractivity contribution in [3.05, 3.63) is 60.7 Å². The molecular weight excluding hydrogens is 440 g/mol. The van der Waals surface area contributed by atoms with Crippen LogP contribution in [0.25, 0.3) is 33.5 Å². The topological polar surface area (TPSA) is 96.0 Å². The zero-order valence-electron chi connectivity index (χ0n) is 19.7. The van der Waals surface area contributed by atoms with E-state index in [0.717, 1.165) is 71.0 Å². The van der Waals surface area contributed by atoms with Gasteiger partial charge in [-0.1, -0.05) is 12.1 Å². The van der Waals surface area contributed by atoms with E-state index in [-0.39, 0.29) is 11.9 Å². The van der Waals surface area contributed by atoms with Crippen LogP contribution in [0.15, 0.2) is 55.0 Å². The molecule has 2 fully saturated rings. The number of aromatic nitrogens is 4. The first-order chi connectivity index (χ1) is 17.1. The summed E-state index contributed by atoms with van der Waals surface area (Å²) < 4.78 is 5.56. The van der Waals surface area contributed by atoms with Gasteiger partial charge in [0.25, 0.3) is 0 Å². The molecule has 0 saturated carbocycles. The van der Waals surface area contributed by atoms with Crippen molar-refractivity contribution in [2.75, 3.05) is 37.7 Å². The summed E-state index contributed by atoms with van der Waals surface area (Å²) >= 11 is 0. The standard InChI is InChI=1S/C27H28N6O2/c1-17-3-2-4-24(32-17)26-25(30-16-31-26)19-5-6-23-21(9-19)10-22(13-29-23)33-8-7-20(14-33)27(34)35-15-18-11-28-12-18/h2-6,9-10,13,16,18,20,28H,7-8,11-12,14-15H2,1H3,(H,30,31)/t20-/m0/s1. The largest absolute Gasteiger partial charge is 0.465 e. The van der Waals surface area contributed by atoms with Crippen molar-refractivity contribution in [2.24, 2.45) is 11.8 Å². The lowest BCUT2D eigenvalue weighted by Gasteiger charge is -2.26. The van der Waals surface area contributed by atoms with Crippen LogP contribution in [0, 0.1) is 18.8 Å². The summed E-state index contributed by atoms with van der Waals surface area (Å²) in [5.41, 5.74) is 6.54. The van der Waals surface area contributed by atoms with Crippen LogP contribution in [-0.4, -0.2) is 58.7 Å². The molecule has 0 unspecified atom stereocenters. The maximum atomic E-state index is 12.5. The second-order valence-corrected chi connectivity index (χ2v) is 9.48. The van der Waals surface area contributed by atoms with Gasteiger partial charge in [-0.3, -0.25) is 14.8 Å². The highest BCUT2D eigenvalue weighted by molar-refractivity contribution is 5.88. The van der Waals surface area contributed by atoms with E-state index < -0.39 is 0 Å². The van der Waals surface area contributed by atoms with Gasteiger partial charge in [0.2, 0.25) is 0 Å². The molecule has 1 atom stereocenters. The third-order valence-corrected chi connectivity index (χ3v) is 6.94. The zero-order chi connectivity index (χ0) is 23.8. The van der Waals surface area contributed by atoms with Gasteiger partial charge in [0.1, 0.15) is 0 Å². The number of esters is 1. The molecule has 2 N–H and O–H groups in total. The van der Waals surface area contributed by atoms with Crippen molar-refractivity contribution in [1.29, 1.82) is 0 Å². The molecule has 0 radical (unpaired) electrons. The Bertz CT molecular complexity index is 1380. The summed E-state index contributed by atoms with van der Waals surface area (Å²) in [4.78, 5) is 31.9. The first-order valence-electron chi connectivity index (χ1n) is 12.1. The number of hydrogen-bond acceptors (Lipinski definition) is 7. The summed E-state index contributed by atoms with van der Waals surface area (Å²) in [7, 11) is 0. The SMILES string of the molecule is Cc1cccc(-c2[nH]cnc2-c2ccc3ncc(N4CC[C@H](C(=O)OCC5CNC5)C4)cc3c2)n1. The van der Waals surface area contributed by atoms with Crippen molar-refractivity contribution < 1.29 is 9.53 Å².